The second-order valence-electron chi connectivity index (χ2n) is 6.49. The minimum Gasteiger partial charge on any atom is -0.320 e. The van der Waals surface area contributed by atoms with Crippen molar-refractivity contribution in [1.29, 1.82) is 0 Å². The van der Waals surface area contributed by atoms with Crippen LogP contribution in [0.1, 0.15) is 38.5 Å². The Bertz CT molecular complexity index is 260. The summed E-state index contributed by atoms with van der Waals surface area (Å²) in [6, 6.07) is 1.74. The number of nitrogens with one attached hydrogen (secondary N) is 1. The van der Waals surface area contributed by atoms with E-state index in [1.54, 1.807) is 0 Å². The smallest absolute Gasteiger partial charge is 0.0255 e. The molecule has 0 aromatic heterocycles. The first kappa shape index (κ1) is 12.9. The second-order valence-corrected chi connectivity index (χ2v) is 6.49. The molecule has 0 amide bonds. The lowest BCUT2D eigenvalue weighted by Crippen LogP contribution is -2.60. The molecule has 0 radical (unpaired) electrons. The van der Waals surface area contributed by atoms with E-state index in [1.807, 2.05) is 0 Å². The molecular weight excluding hydrogens is 222 g/mol. The summed E-state index contributed by atoms with van der Waals surface area (Å²) in [5.41, 5.74) is 0. The normalized spacial score (nSPS) is 41.2. The summed E-state index contributed by atoms with van der Waals surface area (Å²) in [7, 11) is 2.08. The van der Waals surface area contributed by atoms with Crippen molar-refractivity contribution < 1.29 is 0 Å². The molecule has 4 heterocycles. The summed E-state index contributed by atoms with van der Waals surface area (Å²) in [5, 5.41) is 3.34. The standard InChI is InChI=1S/C15H29N3/c1-16-8-5-14-4-2-3-9-18(14)15-12-17-10-6-13(15)7-11-17/h13-16H,2-12H2,1H3. The van der Waals surface area contributed by atoms with Crippen LogP contribution in [0, 0.1) is 5.92 Å². The second kappa shape index (κ2) is 5.89. The largest absolute Gasteiger partial charge is 0.320 e. The van der Waals surface area contributed by atoms with Crippen molar-refractivity contribution in [3.05, 3.63) is 0 Å². The Morgan fingerprint density at radius 3 is 2.56 bits per heavy atom. The molecule has 3 heteroatoms. The lowest BCUT2D eigenvalue weighted by atomic mass is 9.81. The molecule has 2 atom stereocenters. The fraction of sp³-hybridized carbons (Fsp3) is 1.00. The van der Waals surface area contributed by atoms with E-state index in [9.17, 15) is 0 Å². The van der Waals surface area contributed by atoms with Gasteiger partial charge >= 0.3 is 0 Å². The third-order valence-electron chi connectivity index (χ3n) is 5.45. The quantitative estimate of drug-likeness (QED) is 0.818. The van der Waals surface area contributed by atoms with Gasteiger partial charge in [-0.1, -0.05) is 6.42 Å². The van der Waals surface area contributed by atoms with Gasteiger partial charge in [-0.25, -0.2) is 0 Å². The van der Waals surface area contributed by atoms with Crippen LogP contribution < -0.4 is 5.32 Å². The molecule has 18 heavy (non-hydrogen) atoms. The number of fused-ring (bicyclic) bond motifs is 3. The van der Waals surface area contributed by atoms with E-state index in [0.717, 1.165) is 18.0 Å². The van der Waals surface area contributed by atoms with Crippen LogP contribution in [0.3, 0.4) is 0 Å². The van der Waals surface area contributed by atoms with E-state index in [1.165, 1.54) is 71.2 Å². The Labute approximate surface area is 112 Å². The molecule has 4 aliphatic rings. The van der Waals surface area contributed by atoms with E-state index in [2.05, 4.69) is 22.2 Å². The molecule has 2 bridgehead atoms. The molecule has 3 nitrogen and oxygen atoms in total. The molecule has 0 saturated carbocycles. The summed E-state index contributed by atoms with van der Waals surface area (Å²) >= 11 is 0. The van der Waals surface area contributed by atoms with E-state index in [4.69, 9.17) is 0 Å². The fourth-order valence-electron chi connectivity index (χ4n) is 4.39. The molecule has 4 saturated heterocycles. The average molecular weight is 251 g/mol. The van der Waals surface area contributed by atoms with Crippen molar-refractivity contribution in [2.45, 2.75) is 50.6 Å². The molecule has 104 valence electrons. The summed E-state index contributed by atoms with van der Waals surface area (Å²) < 4.78 is 0. The maximum atomic E-state index is 3.34. The Balaban J connectivity index is 1.64. The van der Waals surface area contributed by atoms with Crippen LogP contribution in [0.25, 0.3) is 0 Å². The van der Waals surface area contributed by atoms with Crippen molar-refractivity contribution >= 4 is 0 Å². The third-order valence-corrected chi connectivity index (χ3v) is 5.45. The van der Waals surface area contributed by atoms with Crippen LogP contribution in [0.2, 0.25) is 0 Å². The zero-order chi connectivity index (χ0) is 12.4. The van der Waals surface area contributed by atoms with Crippen LogP contribution in [0.5, 0.6) is 0 Å². The molecule has 4 aliphatic heterocycles. The number of nitrogens with zero attached hydrogens (tertiary/aromatic N) is 2. The topological polar surface area (TPSA) is 18.5 Å². The van der Waals surface area contributed by atoms with Crippen molar-refractivity contribution in [2.24, 2.45) is 5.92 Å². The van der Waals surface area contributed by atoms with Crippen molar-refractivity contribution in [1.82, 2.24) is 15.1 Å². The van der Waals surface area contributed by atoms with Gasteiger partial charge in [0.1, 0.15) is 0 Å². The van der Waals surface area contributed by atoms with Crippen LogP contribution in [0.4, 0.5) is 0 Å². The highest BCUT2D eigenvalue weighted by atomic mass is 15.3. The van der Waals surface area contributed by atoms with Gasteiger partial charge in [-0.05, 0) is 71.2 Å². The molecule has 0 aromatic rings. The van der Waals surface area contributed by atoms with E-state index in [0.29, 0.717) is 0 Å². The Hall–Kier alpha value is -0.120. The number of piperidine rings is 4. The summed E-state index contributed by atoms with van der Waals surface area (Å²) in [6.45, 7) is 6.65. The zero-order valence-corrected chi connectivity index (χ0v) is 11.9. The molecular formula is C15H29N3. The Morgan fingerprint density at radius 1 is 1.06 bits per heavy atom. The third kappa shape index (κ3) is 2.59. The molecule has 4 rings (SSSR count). The van der Waals surface area contributed by atoms with Crippen molar-refractivity contribution in [3.63, 3.8) is 0 Å². The highest BCUT2D eigenvalue weighted by Gasteiger charge is 2.40. The predicted octanol–water partition coefficient (Wildman–Crippen LogP) is 1.54. The lowest BCUT2D eigenvalue weighted by Gasteiger charge is -2.52. The van der Waals surface area contributed by atoms with Gasteiger partial charge in [-0.15, -0.1) is 0 Å². The minimum atomic E-state index is 0.858. The number of hydrogen-bond donors (Lipinski definition) is 1. The number of rotatable bonds is 4. The lowest BCUT2D eigenvalue weighted by molar-refractivity contribution is -0.0279. The van der Waals surface area contributed by atoms with Gasteiger partial charge in [0.05, 0.1) is 0 Å². The monoisotopic (exact) mass is 251 g/mol. The van der Waals surface area contributed by atoms with Gasteiger partial charge in [0.15, 0.2) is 0 Å². The SMILES string of the molecule is CNCCC1CCCCN1C1CN2CCC1CC2. The molecule has 0 spiro atoms. The molecule has 1 N–H and O–H groups in total. The maximum absolute atomic E-state index is 3.34. The summed E-state index contributed by atoms with van der Waals surface area (Å²) in [6.07, 6.45) is 8.58. The Morgan fingerprint density at radius 2 is 1.89 bits per heavy atom. The van der Waals surface area contributed by atoms with Gasteiger partial charge in [-0.2, -0.15) is 0 Å². The average Bonchev–Trinajstić information content (AvgIpc) is 2.46. The molecule has 0 aromatic carbocycles. The zero-order valence-electron chi connectivity index (χ0n) is 11.9. The molecule has 2 unspecified atom stereocenters. The maximum Gasteiger partial charge on any atom is 0.0255 e. The van der Waals surface area contributed by atoms with Crippen LogP contribution >= 0.6 is 0 Å². The highest BCUT2D eigenvalue weighted by Crippen LogP contribution is 2.34. The van der Waals surface area contributed by atoms with E-state index < -0.39 is 0 Å². The fourth-order valence-corrected chi connectivity index (χ4v) is 4.39. The summed E-state index contributed by atoms with van der Waals surface area (Å²) in [4.78, 5) is 5.60. The number of likely N-dealkylation sites (tertiary alicyclic amines) is 1. The van der Waals surface area contributed by atoms with Crippen LogP contribution in [-0.4, -0.2) is 61.7 Å². The van der Waals surface area contributed by atoms with Gasteiger partial charge < -0.3 is 10.2 Å². The number of hydrogen-bond acceptors (Lipinski definition) is 3. The molecule has 4 fully saturated rings. The Kier molecular flexibility index (Phi) is 4.22. The van der Waals surface area contributed by atoms with Crippen molar-refractivity contribution in [2.75, 3.05) is 39.8 Å². The van der Waals surface area contributed by atoms with Gasteiger partial charge in [0, 0.05) is 18.6 Å². The van der Waals surface area contributed by atoms with E-state index >= 15 is 0 Å². The minimum absolute atomic E-state index is 0.858. The van der Waals surface area contributed by atoms with E-state index in [-0.39, 0.29) is 0 Å². The van der Waals surface area contributed by atoms with Gasteiger partial charge in [0.2, 0.25) is 0 Å². The predicted molar refractivity (Wildman–Crippen MR) is 75.8 cm³/mol. The van der Waals surface area contributed by atoms with Crippen LogP contribution in [-0.2, 0) is 0 Å². The molecule has 0 aliphatic carbocycles. The van der Waals surface area contributed by atoms with Crippen LogP contribution in [0.15, 0.2) is 0 Å². The van der Waals surface area contributed by atoms with Crippen molar-refractivity contribution in [3.8, 4) is 0 Å². The van der Waals surface area contributed by atoms with Gasteiger partial charge in [-0.3, -0.25) is 4.90 Å². The van der Waals surface area contributed by atoms with Gasteiger partial charge in [0.25, 0.3) is 0 Å². The first-order valence-electron chi connectivity index (χ1n) is 8.01. The highest BCUT2D eigenvalue weighted by molar-refractivity contribution is 4.95. The summed E-state index contributed by atoms with van der Waals surface area (Å²) in [5.74, 6) is 1.00. The first-order chi connectivity index (χ1) is 8.88. The first-order valence-corrected chi connectivity index (χ1v) is 8.01.